The first-order valence-electron chi connectivity index (χ1n) is 4.99. The zero-order valence-electron chi connectivity index (χ0n) is 7.27. The van der Waals surface area contributed by atoms with Crippen molar-refractivity contribution in [1.82, 2.24) is 0 Å². The molecule has 1 heteroatoms. The maximum absolute atomic E-state index is 2.18. The van der Waals surface area contributed by atoms with Gasteiger partial charge in [0.05, 0.1) is 0 Å². The van der Waals surface area contributed by atoms with E-state index in [-0.39, 0.29) is 0 Å². The van der Waals surface area contributed by atoms with E-state index in [0.29, 0.717) is 0 Å². The second-order valence-corrected chi connectivity index (χ2v) is 5.40. The topological polar surface area (TPSA) is 0 Å². The first kappa shape index (κ1) is 7.97. The second-order valence-electron chi connectivity index (χ2n) is 4.17. The molecule has 0 atom stereocenters. The van der Waals surface area contributed by atoms with Gasteiger partial charge in [-0.05, 0) is 49.0 Å². The van der Waals surface area contributed by atoms with Crippen molar-refractivity contribution >= 4 is 11.8 Å². The summed E-state index contributed by atoms with van der Waals surface area (Å²) in [4.78, 5) is 0. The van der Waals surface area contributed by atoms with Crippen LogP contribution in [0.15, 0.2) is 0 Å². The van der Waals surface area contributed by atoms with Gasteiger partial charge in [-0.25, -0.2) is 0 Å². The average Bonchev–Trinajstić information content (AvgIpc) is 2.32. The van der Waals surface area contributed by atoms with E-state index in [1.165, 1.54) is 37.2 Å². The molecule has 0 aromatic carbocycles. The van der Waals surface area contributed by atoms with Gasteiger partial charge in [0.15, 0.2) is 0 Å². The largest absolute Gasteiger partial charge is 0.162 e. The maximum Gasteiger partial charge on any atom is -0.00623 e. The van der Waals surface area contributed by atoms with Crippen molar-refractivity contribution in [3.05, 3.63) is 0 Å². The fraction of sp³-hybridized carbons (Fsp3) is 1.00. The molecule has 0 bridgehead atoms. The molecule has 2 aliphatic rings. The number of hydrogen-bond acceptors (Lipinski definition) is 1. The normalized spacial score (nSPS) is 30.5. The second kappa shape index (κ2) is 3.38. The minimum atomic E-state index is 0.837. The van der Waals surface area contributed by atoms with Crippen molar-refractivity contribution in [2.45, 2.75) is 44.9 Å². The van der Waals surface area contributed by atoms with E-state index >= 15 is 0 Å². The molecule has 11 heavy (non-hydrogen) atoms. The van der Waals surface area contributed by atoms with Gasteiger partial charge in [0.1, 0.15) is 0 Å². The van der Waals surface area contributed by atoms with E-state index in [1.54, 1.807) is 19.3 Å². The molecule has 0 radical (unpaired) electrons. The Labute approximate surface area is 74.1 Å². The van der Waals surface area contributed by atoms with E-state index in [0.717, 1.165) is 5.41 Å². The number of rotatable bonds is 0. The number of thioether (sulfide) groups is 1. The molecule has 1 saturated carbocycles. The van der Waals surface area contributed by atoms with E-state index in [4.69, 9.17) is 0 Å². The van der Waals surface area contributed by atoms with Crippen LogP contribution in [0.25, 0.3) is 0 Å². The highest BCUT2D eigenvalue weighted by atomic mass is 32.2. The van der Waals surface area contributed by atoms with Crippen LogP contribution in [0.3, 0.4) is 0 Å². The van der Waals surface area contributed by atoms with Crippen LogP contribution in [0.2, 0.25) is 0 Å². The van der Waals surface area contributed by atoms with E-state index in [9.17, 15) is 0 Å². The Balaban J connectivity index is 1.97. The molecule has 1 aliphatic carbocycles. The Hall–Kier alpha value is 0.350. The Morgan fingerprint density at radius 1 is 0.727 bits per heavy atom. The molecule has 2 rings (SSSR count). The molecule has 1 aliphatic heterocycles. The molecule has 0 nitrogen and oxygen atoms in total. The van der Waals surface area contributed by atoms with Gasteiger partial charge >= 0.3 is 0 Å². The number of hydrogen-bond donors (Lipinski definition) is 0. The van der Waals surface area contributed by atoms with Crippen molar-refractivity contribution in [2.75, 3.05) is 11.5 Å². The van der Waals surface area contributed by atoms with E-state index < -0.39 is 0 Å². The van der Waals surface area contributed by atoms with Crippen molar-refractivity contribution in [2.24, 2.45) is 5.41 Å². The van der Waals surface area contributed by atoms with E-state index in [2.05, 4.69) is 11.8 Å². The zero-order chi connectivity index (χ0) is 7.57. The lowest BCUT2D eigenvalue weighted by molar-refractivity contribution is 0.264. The van der Waals surface area contributed by atoms with Crippen LogP contribution in [-0.4, -0.2) is 11.5 Å². The molecule has 0 N–H and O–H groups in total. The molecule has 0 amide bonds. The Bertz CT molecular complexity index is 115. The van der Waals surface area contributed by atoms with Crippen LogP contribution >= 0.6 is 11.8 Å². The van der Waals surface area contributed by atoms with Crippen LogP contribution < -0.4 is 0 Å². The summed E-state index contributed by atoms with van der Waals surface area (Å²) < 4.78 is 0. The third-order valence-electron chi connectivity index (χ3n) is 3.44. The third-order valence-corrected chi connectivity index (χ3v) is 4.51. The quantitative estimate of drug-likeness (QED) is 0.536. The molecule has 64 valence electrons. The van der Waals surface area contributed by atoms with Crippen LogP contribution in [-0.2, 0) is 0 Å². The van der Waals surface area contributed by atoms with Crippen molar-refractivity contribution in [3.8, 4) is 0 Å². The minimum Gasteiger partial charge on any atom is -0.162 e. The molecule has 0 unspecified atom stereocenters. The molecular formula is C10H18S. The zero-order valence-corrected chi connectivity index (χ0v) is 8.09. The maximum atomic E-state index is 2.18. The average molecular weight is 170 g/mol. The Morgan fingerprint density at radius 2 is 1.45 bits per heavy atom. The van der Waals surface area contributed by atoms with Crippen molar-refractivity contribution in [3.63, 3.8) is 0 Å². The molecule has 2 fully saturated rings. The first-order valence-corrected chi connectivity index (χ1v) is 6.15. The lowest BCUT2D eigenvalue weighted by Crippen LogP contribution is -2.15. The standard InChI is InChI=1S/C10H18S/c1-2-5-10(4-1)6-3-8-11-9-7-10/h1-9H2. The highest BCUT2D eigenvalue weighted by molar-refractivity contribution is 7.99. The van der Waals surface area contributed by atoms with Crippen molar-refractivity contribution < 1.29 is 0 Å². The van der Waals surface area contributed by atoms with Gasteiger partial charge in [0, 0.05) is 0 Å². The van der Waals surface area contributed by atoms with Crippen molar-refractivity contribution in [1.29, 1.82) is 0 Å². The fourth-order valence-corrected chi connectivity index (χ4v) is 3.82. The summed E-state index contributed by atoms with van der Waals surface area (Å²) >= 11 is 2.18. The highest BCUT2D eigenvalue weighted by Crippen LogP contribution is 2.47. The summed E-state index contributed by atoms with van der Waals surface area (Å²) in [6.45, 7) is 0. The fourth-order valence-electron chi connectivity index (χ4n) is 2.69. The molecule has 1 spiro atoms. The Kier molecular flexibility index (Phi) is 2.45. The molecule has 0 aromatic heterocycles. The summed E-state index contributed by atoms with van der Waals surface area (Å²) in [6.07, 6.45) is 10.7. The van der Waals surface area contributed by atoms with Crippen LogP contribution in [0.4, 0.5) is 0 Å². The summed E-state index contributed by atoms with van der Waals surface area (Å²) in [7, 11) is 0. The van der Waals surface area contributed by atoms with Gasteiger partial charge in [0.2, 0.25) is 0 Å². The summed E-state index contributed by atoms with van der Waals surface area (Å²) in [5.74, 6) is 2.88. The summed E-state index contributed by atoms with van der Waals surface area (Å²) in [6, 6.07) is 0. The first-order chi connectivity index (χ1) is 5.41. The van der Waals surface area contributed by atoms with Gasteiger partial charge in [-0.15, -0.1) is 0 Å². The molecule has 1 heterocycles. The van der Waals surface area contributed by atoms with Gasteiger partial charge < -0.3 is 0 Å². The smallest absolute Gasteiger partial charge is 0.00623 e. The van der Waals surface area contributed by atoms with Gasteiger partial charge in [0.25, 0.3) is 0 Å². The highest BCUT2D eigenvalue weighted by Gasteiger charge is 2.33. The third kappa shape index (κ3) is 1.74. The molecule has 1 saturated heterocycles. The van der Waals surface area contributed by atoms with E-state index in [1.807, 2.05) is 0 Å². The summed E-state index contributed by atoms with van der Waals surface area (Å²) in [5, 5.41) is 0. The lowest BCUT2D eigenvalue weighted by Gasteiger charge is -2.26. The molecular weight excluding hydrogens is 152 g/mol. The predicted molar refractivity (Wildman–Crippen MR) is 52.1 cm³/mol. The van der Waals surface area contributed by atoms with Crippen LogP contribution in [0.5, 0.6) is 0 Å². The van der Waals surface area contributed by atoms with Gasteiger partial charge in [-0.1, -0.05) is 12.8 Å². The van der Waals surface area contributed by atoms with Gasteiger partial charge in [-0.3, -0.25) is 0 Å². The molecule has 0 aromatic rings. The lowest BCUT2D eigenvalue weighted by atomic mass is 9.79. The monoisotopic (exact) mass is 170 g/mol. The van der Waals surface area contributed by atoms with Crippen LogP contribution in [0.1, 0.15) is 44.9 Å². The SMILES string of the molecule is C1CCC2(C1)CCCSCC2. The summed E-state index contributed by atoms with van der Waals surface area (Å²) in [5.41, 5.74) is 0.837. The minimum absolute atomic E-state index is 0.837. The van der Waals surface area contributed by atoms with Gasteiger partial charge in [-0.2, -0.15) is 11.8 Å². The van der Waals surface area contributed by atoms with Crippen LogP contribution in [0, 0.1) is 5.41 Å². The predicted octanol–water partition coefficient (Wildman–Crippen LogP) is 3.46. The Morgan fingerprint density at radius 3 is 2.27 bits per heavy atom.